The van der Waals surface area contributed by atoms with Gasteiger partial charge in [0.1, 0.15) is 5.75 Å². The summed E-state index contributed by atoms with van der Waals surface area (Å²) in [5.74, 6) is 1.07. The first-order valence-corrected chi connectivity index (χ1v) is 9.02. The molecule has 1 aliphatic rings. The molecule has 1 aliphatic heterocycles. The molecule has 0 bridgehead atoms. The van der Waals surface area contributed by atoms with Gasteiger partial charge in [0.25, 0.3) is 0 Å². The van der Waals surface area contributed by atoms with Gasteiger partial charge < -0.3 is 15.4 Å². The van der Waals surface area contributed by atoms with E-state index in [0.29, 0.717) is 13.1 Å². The monoisotopic (exact) mass is 347 g/mol. The highest BCUT2D eigenvalue weighted by Crippen LogP contribution is 2.17. The van der Waals surface area contributed by atoms with Gasteiger partial charge in [-0.3, -0.25) is 14.5 Å². The summed E-state index contributed by atoms with van der Waals surface area (Å²) in [6.45, 7) is 5.28. The van der Waals surface area contributed by atoms with E-state index < -0.39 is 0 Å². The van der Waals surface area contributed by atoms with E-state index >= 15 is 0 Å². The van der Waals surface area contributed by atoms with Crippen molar-refractivity contribution in [2.75, 3.05) is 33.3 Å². The minimum Gasteiger partial charge on any atom is -0.497 e. The van der Waals surface area contributed by atoms with Crippen molar-refractivity contribution in [1.29, 1.82) is 0 Å². The number of amides is 2. The average Bonchev–Trinajstić information content (AvgIpc) is 2.65. The van der Waals surface area contributed by atoms with E-state index in [0.717, 1.165) is 50.2 Å². The van der Waals surface area contributed by atoms with E-state index in [9.17, 15) is 9.59 Å². The van der Waals surface area contributed by atoms with Gasteiger partial charge >= 0.3 is 0 Å². The first-order chi connectivity index (χ1) is 12.1. The quantitative estimate of drug-likeness (QED) is 0.748. The standard InChI is InChI=1S/C19H29N3O3/c1-3-10-20-19(24)16-8-11-22(12-9-16)14-18(23)21-13-15-4-6-17(25-2)7-5-15/h4-7,16H,3,8-14H2,1-2H3,(H,20,24)(H,21,23). The molecule has 0 spiro atoms. The zero-order chi connectivity index (χ0) is 18.1. The molecule has 6 heteroatoms. The minimum atomic E-state index is 0.0182. The summed E-state index contributed by atoms with van der Waals surface area (Å²) in [4.78, 5) is 26.2. The number of nitrogens with one attached hydrogen (secondary N) is 2. The number of nitrogens with zero attached hydrogens (tertiary/aromatic N) is 1. The maximum atomic E-state index is 12.1. The fraction of sp³-hybridized carbons (Fsp3) is 0.579. The molecule has 6 nitrogen and oxygen atoms in total. The largest absolute Gasteiger partial charge is 0.497 e. The highest BCUT2D eigenvalue weighted by atomic mass is 16.5. The van der Waals surface area contributed by atoms with E-state index in [4.69, 9.17) is 4.74 Å². The number of benzene rings is 1. The van der Waals surface area contributed by atoms with Crippen molar-refractivity contribution < 1.29 is 14.3 Å². The Morgan fingerprint density at radius 1 is 1.16 bits per heavy atom. The van der Waals surface area contributed by atoms with Crippen molar-refractivity contribution in [3.63, 3.8) is 0 Å². The number of hydrogen-bond donors (Lipinski definition) is 2. The van der Waals surface area contributed by atoms with Crippen LogP contribution in [0, 0.1) is 5.92 Å². The zero-order valence-corrected chi connectivity index (χ0v) is 15.2. The van der Waals surface area contributed by atoms with Gasteiger partial charge in [-0.25, -0.2) is 0 Å². The summed E-state index contributed by atoms with van der Waals surface area (Å²) < 4.78 is 5.12. The minimum absolute atomic E-state index is 0.0182. The van der Waals surface area contributed by atoms with Gasteiger partial charge in [-0.2, -0.15) is 0 Å². The van der Waals surface area contributed by atoms with Crippen molar-refractivity contribution in [3.05, 3.63) is 29.8 Å². The normalized spacial score (nSPS) is 15.6. The Kier molecular flexibility index (Phi) is 7.73. The summed E-state index contributed by atoms with van der Waals surface area (Å²) >= 11 is 0. The number of rotatable bonds is 8. The topological polar surface area (TPSA) is 70.7 Å². The highest BCUT2D eigenvalue weighted by molar-refractivity contribution is 5.79. The molecule has 2 amide bonds. The predicted molar refractivity (Wildman–Crippen MR) is 97.3 cm³/mol. The van der Waals surface area contributed by atoms with Crippen LogP contribution in [-0.2, 0) is 16.1 Å². The average molecular weight is 347 g/mol. The van der Waals surface area contributed by atoms with Crippen LogP contribution < -0.4 is 15.4 Å². The third-order valence-corrected chi connectivity index (χ3v) is 4.52. The lowest BCUT2D eigenvalue weighted by Crippen LogP contribution is -2.44. The number of methoxy groups -OCH3 is 1. The summed E-state index contributed by atoms with van der Waals surface area (Å²) in [6, 6.07) is 7.66. The number of carbonyl (C=O) groups excluding carboxylic acids is 2. The van der Waals surface area contributed by atoms with Crippen molar-refractivity contribution in [3.8, 4) is 5.75 Å². The Morgan fingerprint density at radius 3 is 2.44 bits per heavy atom. The third kappa shape index (κ3) is 6.38. The number of carbonyl (C=O) groups is 2. The summed E-state index contributed by atoms with van der Waals surface area (Å²) in [5.41, 5.74) is 1.04. The smallest absolute Gasteiger partial charge is 0.234 e. The number of hydrogen-bond acceptors (Lipinski definition) is 4. The zero-order valence-electron chi connectivity index (χ0n) is 15.2. The Labute approximate surface area is 149 Å². The van der Waals surface area contributed by atoms with Gasteiger partial charge in [0.2, 0.25) is 11.8 Å². The van der Waals surface area contributed by atoms with Crippen LogP contribution in [0.25, 0.3) is 0 Å². The SMILES string of the molecule is CCCNC(=O)C1CCN(CC(=O)NCc2ccc(OC)cc2)CC1. The number of piperidine rings is 1. The van der Waals surface area contributed by atoms with Crippen LogP contribution in [0.3, 0.4) is 0 Å². The first-order valence-electron chi connectivity index (χ1n) is 9.02. The second-order valence-electron chi connectivity index (χ2n) is 6.47. The van der Waals surface area contributed by atoms with Gasteiger partial charge in [-0.15, -0.1) is 0 Å². The lowest BCUT2D eigenvalue weighted by molar-refractivity contribution is -0.126. The Morgan fingerprint density at radius 2 is 1.84 bits per heavy atom. The second-order valence-corrected chi connectivity index (χ2v) is 6.47. The summed E-state index contributed by atoms with van der Waals surface area (Å²) in [7, 11) is 1.63. The van der Waals surface area contributed by atoms with Gasteiger partial charge in [-0.1, -0.05) is 19.1 Å². The molecule has 0 atom stereocenters. The second kappa shape index (κ2) is 10.0. The number of ether oxygens (including phenoxy) is 1. The lowest BCUT2D eigenvalue weighted by Gasteiger charge is -2.30. The van der Waals surface area contributed by atoms with Crippen molar-refractivity contribution in [2.24, 2.45) is 5.92 Å². The molecule has 2 rings (SSSR count). The van der Waals surface area contributed by atoms with Crippen LogP contribution in [0.15, 0.2) is 24.3 Å². The van der Waals surface area contributed by atoms with Crippen molar-refractivity contribution >= 4 is 11.8 Å². The Bertz CT molecular complexity index is 552. The first kappa shape index (κ1) is 19.2. The van der Waals surface area contributed by atoms with E-state index in [-0.39, 0.29) is 17.7 Å². The lowest BCUT2D eigenvalue weighted by atomic mass is 9.96. The van der Waals surface area contributed by atoms with Crippen LogP contribution in [0.1, 0.15) is 31.7 Å². The molecule has 2 N–H and O–H groups in total. The molecule has 1 saturated heterocycles. The van der Waals surface area contributed by atoms with Gasteiger partial charge in [0.05, 0.1) is 13.7 Å². The molecule has 0 radical (unpaired) electrons. The summed E-state index contributed by atoms with van der Waals surface area (Å²) in [5, 5.41) is 5.90. The number of likely N-dealkylation sites (tertiary alicyclic amines) is 1. The van der Waals surface area contributed by atoms with Crippen LogP contribution >= 0.6 is 0 Å². The molecule has 0 aromatic heterocycles. The molecular weight excluding hydrogens is 318 g/mol. The van der Waals surface area contributed by atoms with E-state index in [1.807, 2.05) is 31.2 Å². The van der Waals surface area contributed by atoms with Crippen LogP contribution in [0.2, 0.25) is 0 Å². The van der Waals surface area contributed by atoms with E-state index in [1.54, 1.807) is 7.11 Å². The molecule has 0 aliphatic carbocycles. The predicted octanol–water partition coefficient (Wildman–Crippen LogP) is 1.55. The van der Waals surface area contributed by atoms with Crippen LogP contribution in [0.4, 0.5) is 0 Å². The molecule has 1 heterocycles. The van der Waals surface area contributed by atoms with Crippen molar-refractivity contribution in [1.82, 2.24) is 15.5 Å². The Hall–Kier alpha value is -2.08. The van der Waals surface area contributed by atoms with Gasteiger partial charge in [0.15, 0.2) is 0 Å². The van der Waals surface area contributed by atoms with Crippen LogP contribution in [-0.4, -0.2) is 50.0 Å². The maximum absolute atomic E-state index is 12.1. The molecule has 138 valence electrons. The van der Waals surface area contributed by atoms with Gasteiger partial charge in [0, 0.05) is 19.0 Å². The maximum Gasteiger partial charge on any atom is 0.234 e. The summed E-state index contributed by atoms with van der Waals surface area (Å²) in [6.07, 6.45) is 2.60. The molecule has 25 heavy (non-hydrogen) atoms. The fourth-order valence-electron chi connectivity index (χ4n) is 2.95. The molecular formula is C19H29N3O3. The third-order valence-electron chi connectivity index (χ3n) is 4.52. The molecule has 0 saturated carbocycles. The molecule has 0 unspecified atom stereocenters. The van der Waals surface area contributed by atoms with Gasteiger partial charge in [-0.05, 0) is 50.0 Å². The molecule has 1 fully saturated rings. The fourth-order valence-corrected chi connectivity index (χ4v) is 2.95. The molecule has 1 aromatic rings. The van der Waals surface area contributed by atoms with E-state index in [2.05, 4.69) is 15.5 Å². The van der Waals surface area contributed by atoms with Crippen LogP contribution in [0.5, 0.6) is 5.75 Å². The van der Waals surface area contributed by atoms with Crippen molar-refractivity contribution in [2.45, 2.75) is 32.7 Å². The highest BCUT2D eigenvalue weighted by Gasteiger charge is 2.25. The Balaban J connectivity index is 1.67. The van der Waals surface area contributed by atoms with E-state index in [1.165, 1.54) is 0 Å². The molecule has 1 aromatic carbocycles.